The molecule has 0 saturated heterocycles. The quantitative estimate of drug-likeness (QED) is 0.923. The summed E-state index contributed by atoms with van der Waals surface area (Å²) in [6.45, 7) is 1.63. The number of nitrogens with zero attached hydrogens (tertiary/aromatic N) is 1. The van der Waals surface area contributed by atoms with Gasteiger partial charge in [0, 0.05) is 6.20 Å². The van der Waals surface area contributed by atoms with Gasteiger partial charge in [-0.05, 0) is 42.8 Å². The second-order valence-corrected chi connectivity index (χ2v) is 4.84. The molecule has 1 atom stereocenters. The normalized spacial score (nSPS) is 12.4. The Hall–Kier alpha value is -1.46. The van der Waals surface area contributed by atoms with Crippen molar-refractivity contribution in [1.29, 1.82) is 0 Å². The van der Waals surface area contributed by atoms with Crippen LogP contribution in [0.4, 0.5) is 8.78 Å². The maximum Gasteiger partial charge on any atom is 0.137 e. The molecule has 0 spiro atoms. The van der Waals surface area contributed by atoms with Gasteiger partial charge >= 0.3 is 0 Å². The van der Waals surface area contributed by atoms with Crippen LogP contribution in [0, 0.1) is 11.6 Å². The van der Waals surface area contributed by atoms with Gasteiger partial charge in [0.05, 0.1) is 11.0 Å². The molecule has 2 aromatic rings. The summed E-state index contributed by atoms with van der Waals surface area (Å²) in [6.07, 6.45) is 0.909. The molecule has 2 nitrogen and oxygen atoms in total. The van der Waals surface area contributed by atoms with Crippen LogP contribution in [0.2, 0.25) is 0 Å². The molecule has 0 bridgehead atoms. The summed E-state index contributed by atoms with van der Waals surface area (Å²) in [5, 5.41) is 9.95. The average Bonchev–Trinajstić information content (AvgIpc) is 2.34. The van der Waals surface area contributed by atoms with E-state index in [1.807, 2.05) is 0 Å². The number of rotatable bonds is 3. The SMILES string of the molecule is CC(O)c1ccnc(Sc2cc(F)ccc2F)c1. The van der Waals surface area contributed by atoms with Crippen molar-refractivity contribution >= 4 is 11.8 Å². The zero-order chi connectivity index (χ0) is 13.1. The van der Waals surface area contributed by atoms with E-state index in [-0.39, 0.29) is 4.90 Å². The average molecular weight is 267 g/mol. The van der Waals surface area contributed by atoms with Crippen molar-refractivity contribution in [2.45, 2.75) is 22.9 Å². The number of aliphatic hydroxyl groups excluding tert-OH is 1. The first kappa shape index (κ1) is 13.0. The number of halogens is 2. The Morgan fingerprint density at radius 3 is 2.72 bits per heavy atom. The molecule has 0 amide bonds. The highest BCUT2D eigenvalue weighted by Crippen LogP contribution is 2.30. The zero-order valence-corrected chi connectivity index (χ0v) is 10.4. The van der Waals surface area contributed by atoms with E-state index in [4.69, 9.17) is 0 Å². The molecule has 0 aliphatic rings. The van der Waals surface area contributed by atoms with Crippen molar-refractivity contribution in [1.82, 2.24) is 4.98 Å². The second-order valence-electron chi connectivity index (χ2n) is 3.78. The molecule has 1 heterocycles. The van der Waals surface area contributed by atoms with Crippen molar-refractivity contribution in [2.24, 2.45) is 0 Å². The smallest absolute Gasteiger partial charge is 0.137 e. The van der Waals surface area contributed by atoms with Crippen LogP contribution in [0.15, 0.2) is 46.5 Å². The van der Waals surface area contributed by atoms with Gasteiger partial charge in [-0.25, -0.2) is 13.8 Å². The molecular formula is C13H11F2NOS. The number of aliphatic hydroxyl groups is 1. The van der Waals surface area contributed by atoms with Crippen LogP contribution in [0.1, 0.15) is 18.6 Å². The Labute approximate surface area is 108 Å². The molecular weight excluding hydrogens is 256 g/mol. The third-order valence-corrected chi connectivity index (χ3v) is 3.31. The van der Waals surface area contributed by atoms with Crippen molar-refractivity contribution in [2.75, 3.05) is 0 Å². The Balaban J connectivity index is 2.28. The molecule has 0 aliphatic heterocycles. The predicted molar refractivity (Wildman–Crippen MR) is 65.4 cm³/mol. The number of aromatic nitrogens is 1. The first-order valence-corrected chi connectivity index (χ1v) is 6.15. The molecule has 1 N–H and O–H groups in total. The van der Waals surface area contributed by atoms with Crippen molar-refractivity contribution in [3.8, 4) is 0 Å². The van der Waals surface area contributed by atoms with Crippen molar-refractivity contribution < 1.29 is 13.9 Å². The molecule has 0 saturated carbocycles. The first-order valence-electron chi connectivity index (χ1n) is 5.33. The molecule has 0 radical (unpaired) electrons. The number of hydrogen-bond donors (Lipinski definition) is 1. The van der Waals surface area contributed by atoms with E-state index in [9.17, 15) is 13.9 Å². The highest BCUT2D eigenvalue weighted by atomic mass is 32.2. The van der Waals surface area contributed by atoms with Gasteiger partial charge in [-0.3, -0.25) is 0 Å². The Morgan fingerprint density at radius 2 is 2.00 bits per heavy atom. The van der Waals surface area contributed by atoms with Gasteiger partial charge in [0.25, 0.3) is 0 Å². The molecule has 94 valence electrons. The molecule has 18 heavy (non-hydrogen) atoms. The lowest BCUT2D eigenvalue weighted by atomic mass is 10.2. The van der Waals surface area contributed by atoms with Gasteiger partial charge in [0.2, 0.25) is 0 Å². The third-order valence-electron chi connectivity index (χ3n) is 2.35. The van der Waals surface area contributed by atoms with Crippen LogP contribution in [0.25, 0.3) is 0 Å². The highest BCUT2D eigenvalue weighted by Gasteiger charge is 2.08. The lowest BCUT2D eigenvalue weighted by Gasteiger charge is -2.07. The van der Waals surface area contributed by atoms with Crippen LogP contribution < -0.4 is 0 Å². The molecule has 1 unspecified atom stereocenters. The van der Waals surface area contributed by atoms with Gasteiger partial charge in [0.1, 0.15) is 16.7 Å². The minimum Gasteiger partial charge on any atom is -0.389 e. The fourth-order valence-electron chi connectivity index (χ4n) is 1.41. The van der Waals surface area contributed by atoms with Gasteiger partial charge in [-0.15, -0.1) is 0 Å². The molecule has 0 fully saturated rings. The largest absolute Gasteiger partial charge is 0.389 e. The second kappa shape index (κ2) is 5.46. The topological polar surface area (TPSA) is 33.1 Å². The van der Waals surface area contributed by atoms with Crippen molar-refractivity contribution in [3.05, 3.63) is 53.7 Å². The number of benzene rings is 1. The summed E-state index contributed by atoms with van der Waals surface area (Å²) < 4.78 is 26.5. The fraction of sp³-hybridized carbons (Fsp3) is 0.154. The molecule has 1 aromatic heterocycles. The Bertz CT molecular complexity index is 560. The minimum atomic E-state index is -0.621. The van der Waals surface area contributed by atoms with E-state index in [1.165, 1.54) is 6.20 Å². The monoisotopic (exact) mass is 267 g/mol. The van der Waals surface area contributed by atoms with Crippen LogP contribution >= 0.6 is 11.8 Å². The van der Waals surface area contributed by atoms with E-state index < -0.39 is 17.7 Å². The maximum absolute atomic E-state index is 13.4. The zero-order valence-electron chi connectivity index (χ0n) is 9.60. The van der Waals surface area contributed by atoms with Gasteiger partial charge in [-0.2, -0.15) is 0 Å². The number of hydrogen-bond acceptors (Lipinski definition) is 3. The molecule has 2 rings (SSSR count). The van der Waals surface area contributed by atoms with E-state index in [0.29, 0.717) is 10.6 Å². The molecule has 1 aromatic carbocycles. The van der Waals surface area contributed by atoms with Gasteiger partial charge in [-0.1, -0.05) is 11.8 Å². The molecule has 0 aliphatic carbocycles. The fourth-order valence-corrected chi connectivity index (χ4v) is 2.28. The van der Waals surface area contributed by atoms with Crippen molar-refractivity contribution in [3.63, 3.8) is 0 Å². The number of pyridine rings is 1. The Kier molecular flexibility index (Phi) is 3.93. The lowest BCUT2D eigenvalue weighted by Crippen LogP contribution is -1.92. The highest BCUT2D eigenvalue weighted by molar-refractivity contribution is 7.99. The summed E-state index contributed by atoms with van der Waals surface area (Å²) in [4.78, 5) is 4.22. The first-order chi connectivity index (χ1) is 8.56. The predicted octanol–water partition coefficient (Wildman–Crippen LogP) is 3.56. The van der Waals surface area contributed by atoms with Crippen LogP contribution in [0.5, 0.6) is 0 Å². The summed E-state index contributed by atoms with van der Waals surface area (Å²) in [5.74, 6) is -0.990. The van der Waals surface area contributed by atoms with Crippen LogP contribution in [0.3, 0.4) is 0 Å². The van der Waals surface area contributed by atoms with E-state index in [2.05, 4.69) is 4.98 Å². The minimum absolute atomic E-state index is 0.172. The van der Waals surface area contributed by atoms with E-state index >= 15 is 0 Å². The summed E-state index contributed by atoms with van der Waals surface area (Å²) >= 11 is 1.02. The maximum atomic E-state index is 13.4. The molecule has 5 heteroatoms. The van der Waals surface area contributed by atoms with Crippen LogP contribution in [-0.4, -0.2) is 10.1 Å². The van der Waals surface area contributed by atoms with Gasteiger partial charge < -0.3 is 5.11 Å². The summed E-state index contributed by atoms with van der Waals surface area (Å²) in [6, 6.07) is 6.60. The van der Waals surface area contributed by atoms with Gasteiger partial charge in [0.15, 0.2) is 0 Å². The third kappa shape index (κ3) is 3.05. The summed E-state index contributed by atoms with van der Waals surface area (Å²) in [7, 11) is 0. The standard InChI is InChI=1S/C13H11F2NOS/c1-8(17)9-4-5-16-13(6-9)18-12-7-10(14)2-3-11(12)15/h2-8,17H,1H3. The lowest BCUT2D eigenvalue weighted by molar-refractivity contribution is 0.199. The van der Waals surface area contributed by atoms with E-state index in [0.717, 1.165) is 30.0 Å². The van der Waals surface area contributed by atoms with E-state index in [1.54, 1.807) is 19.1 Å². The van der Waals surface area contributed by atoms with Crippen LogP contribution in [-0.2, 0) is 0 Å². The Morgan fingerprint density at radius 1 is 1.22 bits per heavy atom. The summed E-state index contributed by atoms with van der Waals surface area (Å²) in [5.41, 5.74) is 0.685.